The summed E-state index contributed by atoms with van der Waals surface area (Å²) in [7, 11) is 1.81. The maximum absolute atomic E-state index is 12.8. The van der Waals surface area contributed by atoms with Crippen molar-refractivity contribution < 1.29 is 4.39 Å². The summed E-state index contributed by atoms with van der Waals surface area (Å²) in [5, 5.41) is 0. The van der Waals surface area contributed by atoms with Gasteiger partial charge in [0.2, 0.25) is 0 Å². The fraction of sp³-hybridized carbons (Fsp3) is 0.481. The Morgan fingerprint density at radius 3 is 2.73 bits per heavy atom. The summed E-state index contributed by atoms with van der Waals surface area (Å²) in [5.74, 6) is 0.890. The van der Waals surface area contributed by atoms with E-state index in [1.807, 2.05) is 7.05 Å². The van der Waals surface area contributed by atoms with Crippen molar-refractivity contribution in [2.24, 2.45) is 9.98 Å². The number of alkyl halides is 1. The van der Waals surface area contributed by atoms with Crippen LogP contribution >= 0.6 is 0 Å². The normalized spacial score (nSPS) is 23.4. The number of amidine groups is 1. The zero-order valence-corrected chi connectivity index (χ0v) is 20.8. The van der Waals surface area contributed by atoms with Gasteiger partial charge in [0.1, 0.15) is 12.5 Å². The van der Waals surface area contributed by atoms with Crippen LogP contribution in [0.25, 0.3) is 0 Å². The molecule has 1 atom stereocenters. The van der Waals surface area contributed by atoms with Gasteiger partial charge < -0.3 is 9.80 Å². The molecular weight excluding hydrogens is 413 g/mol. The van der Waals surface area contributed by atoms with Crippen LogP contribution in [0.3, 0.4) is 0 Å². The van der Waals surface area contributed by atoms with Gasteiger partial charge in [0.05, 0.1) is 17.1 Å². The molecule has 0 unspecified atom stereocenters. The molecule has 3 rings (SSSR count). The molecule has 178 valence electrons. The highest BCUT2D eigenvalue weighted by molar-refractivity contribution is 6.12. The molecule has 0 aliphatic carbocycles. The lowest BCUT2D eigenvalue weighted by Crippen LogP contribution is -2.52. The first-order valence-corrected chi connectivity index (χ1v) is 12.0. The Labute approximate surface area is 198 Å². The van der Waals surface area contributed by atoms with E-state index in [-0.39, 0.29) is 6.67 Å². The SMILES string of the molecule is C=C(CC)/C(C)=C/C(=NC)C1=C/C(=C\CC)N2C=C(N3CCN(CCF)[C@H](C)C3)C=CC2=N1. The average Bonchev–Trinajstić information content (AvgIpc) is 2.83. The largest absolute Gasteiger partial charge is 0.367 e. The fourth-order valence-corrected chi connectivity index (χ4v) is 4.34. The molecule has 0 N–H and O–H groups in total. The van der Waals surface area contributed by atoms with Crippen LogP contribution < -0.4 is 0 Å². The lowest BCUT2D eigenvalue weighted by molar-refractivity contribution is 0.0994. The quantitative estimate of drug-likeness (QED) is 0.373. The van der Waals surface area contributed by atoms with Gasteiger partial charge in [0, 0.05) is 51.2 Å². The molecule has 0 aromatic carbocycles. The molecule has 33 heavy (non-hydrogen) atoms. The first kappa shape index (κ1) is 24.9. The third-order valence-corrected chi connectivity index (χ3v) is 6.47. The zero-order valence-electron chi connectivity index (χ0n) is 20.8. The number of allylic oxidation sites excluding steroid dienone is 6. The molecule has 0 bridgehead atoms. The minimum absolute atomic E-state index is 0.287. The predicted molar refractivity (Wildman–Crippen MR) is 138 cm³/mol. The van der Waals surface area contributed by atoms with Gasteiger partial charge in [-0.1, -0.05) is 32.1 Å². The monoisotopic (exact) mass is 451 g/mol. The Morgan fingerprint density at radius 1 is 1.30 bits per heavy atom. The second kappa shape index (κ2) is 11.4. The highest BCUT2D eigenvalue weighted by Crippen LogP contribution is 2.27. The van der Waals surface area contributed by atoms with Gasteiger partial charge in [-0.25, -0.2) is 9.38 Å². The van der Waals surface area contributed by atoms with Crippen molar-refractivity contribution >= 4 is 11.5 Å². The lowest BCUT2D eigenvalue weighted by atomic mass is 10.0. The van der Waals surface area contributed by atoms with Crippen LogP contribution in [0.4, 0.5) is 4.39 Å². The van der Waals surface area contributed by atoms with Crippen molar-refractivity contribution in [3.05, 3.63) is 71.4 Å². The van der Waals surface area contributed by atoms with Crippen molar-refractivity contribution in [2.45, 2.75) is 46.6 Å². The molecule has 0 amide bonds. The van der Waals surface area contributed by atoms with E-state index < -0.39 is 0 Å². The topological polar surface area (TPSA) is 34.4 Å². The number of hydrogen-bond acceptors (Lipinski definition) is 5. The van der Waals surface area contributed by atoms with E-state index in [4.69, 9.17) is 4.99 Å². The Bertz CT molecular complexity index is 963. The van der Waals surface area contributed by atoms with E-state index in [0.717, 1.165) is 66.6 Å². The lowest BCUT2D eigenvalue weighted by Gasteiger charge is -2.42. The summed E-state index contributed by atoms with van der Waals surface area (Å²) in [6.45, 7) is 15.6. The van der Waals surface area contributed by atoms with Crippen molar-refractivity contribution in [3.63, 3.8) is 0 Å². The molecule has 1 saturated heterocycles. The number of aliphatic imine (C=N–C) groups is 2. The third kappa shape index (κ3) is 5.80. The molecule has 0 aromatic rings. The Balaban J connectivity index is 1.86. The number of fused-ring (bicyclic) bond motifs is 1. The smallest absolute Gasteiger partial charge is 0.137 e. The Morgan fingerprint density at radius 2 is 2.09 bits per heavy atom. The minimum Gasteiger partial charge on any atom is -0.367 e. The number of halogens is 1. The van der Waals surface area contributed by atoms with Gasteiger partial charge in [-0.05, 0) is 56.6 Å². The van der Waals surface area contributed by atoms with E-state index >= 15 is 0 Å². The highest BCUT2D eigenvalue weighted by Gasteiger charge is 2.27. The van der Waals surface area contributed by atoms with Crippen LogP contribution in [-0.2, 0) is 0 Å². The maximum atomic E-state index is 12.8. The van der Waals surface area contributed by atoms with Gasteiger partial charge in [-0.2, -0.15) is 0 Å². The Kier molecular flexibility index (Phi) is 8.61. The van der Waals surface area contributed by atoms with Gasteiger partial charge in [0.25, 0.3) is 0 Å². The summed E-state index contributed by atoms with van der Waals surface area (Å²) < 4.78 is 12.8. The molecule has 0 aromatic heterocycles. The zero-order chi connectivity index (χ0) is 24.0. The first-order chi connectivity index (χ1) is 15.9. The van der Waals surface area contributed by atoms with E-state index in [1.165, 1.54) is 5.70 Å². The molecular formula is C27H38FN5. The van der Waals surface area contributed by atoms with Crippen LogP contribution in [0.15, 0.2) is 81.4 Å². The van der Waals surface area contributed by atoms with E-state index in [1.54, 1.807) is 0 Å². The summed E-state index contributed by atoms with van der Waals surface area (Å²) in [4.78, 5) is 16.2. The fourth-order valence-electron chi connectivity index (χ4n) is 4.34. The van der Waals surface area contributed by atoms with E-state index in [9.17, 15) is 4.39 Å². The molecule has 3 heterocycles. The first-order valence-electron chi connectivity index (χ1n) is 12.0. The van der Waals surface area contributed by atoms with Gasteiger partial charge in [0.15, 0.2) is 0 Å². The van der Waals surface area contributed by atoms with Crippen molar-refractivity contribution in [3.8, 4) is 0 Å². The number of nitrogens with zero attached hydrogens (tertiary/aromatic N) is 5. The van der Waals surface area contributed by atoms with Crippen molar-refractivity contribution in [1.29, 1.82) is 0 Å². The summed E-state index contributed by atoms with van der Waals surface area (Å²) in [6.07, 6.45) is 14.7. The molecule has 0 radical (unpaired) electrons. The van der Waals surface area contributed by atoms with Gasteiger partial charge in [-0.3, -0.25) is 9.89 Å². The third-order valence-electron chi connectivity index (χ3n) is 6.47. The van der Waals surface area contributed by atoms with Crippen LogP contribution in [0, 0.1) is 0 Å². The maximum Gasteiger partial charge on any atom is 0.137 e. The van der Waals surface area contributed by atoms with Crippen LogP contribution in [0.2, 0.25) is 0 Å². The molecule has 0 saturated carbocycles. The molecule has 1 fully saturated rings. The molecule has 5 nitrogen and oxygen atoms in total. The highest BCUT2D eigenvalue weighted by atomic mass is 19.1. The van der Waals surface area contributed by atoms with Gasteiger partial charge in [-0.15, -0.1) is 0 Å². The molecule has 0 spiro atoms. The second-order valence-corrected chi connectivity index (χ2v) is 8.71. The van der Waals surface area contributed by atoms with Gasteiger partial charge >= 0.3 is 0 Å². The van der Waals surface area contributed by atoms with Crippen molar-refractivity contribution in [2.75, 3.05) is 39.9 Å². The van der Waals surface area contributed by atoms with Crippen molar-refractivity contribution in [1.82, 2.24) is 14.7 Å². The second-order valence-electron chi connectivity index (χ2n) is 8.71. The molecule has 3 aliphatic heterocycles. The predicted octanol–water partition coefficient (Wildman–Crippen LogP) is 5.25. The number of hydrogen-bond donors (Lipinski definition) is 0. The average molecular weight is 452 g/mol. The number of piperazine rings is 1. The minimum atomic E-state index is -0.287. The van der Waals surface area contributed by atoms with E-state index in [2.05, 4.69) is 90.5 Å². The summed E-state index contributed by atoms with van der Waals surface area (Å²) in [6, 6.07) is 0.327. The van der Waals surface area contributed by atoms with Crippen LogP contribution in [-0.4, -0.2) is 72.2 Å². The van der Waals surface area contributed by atoms with E-state index in [0.29, 0.717) is 12.6 Å². The van der Waals surface area contributed by atoms with Crippen LogP contribution in [0.1, 0.15) is 40.5 Å². The Hall–Kier alpha value is -2.73. The van der Waals surface area contributed by atoms with Crippen LogP contribution in [0.5, 0.6) is 0 Å². The number of rotatable bonds is 8. The summed E-state index contributed by atoms with van der Waals surface area (Å²) >= 11 is 0. The molecule has 6 heteroatoms. The summed E-state index contributed by atoms with van der Waals surface area (Å²) in [5.41, 5.74) is 6.23. The standard InChI is InChI=1S/C27H38FN5/c1-7-9-23-17-26(25(29-6)16-21(4)20(3)8-2)30-27-11-10-24(19-33(23)27)32-15-14-31(13-12-28)22(5)18-32/h9-11,16-17,19,22H,3,7-8,12-15,18H2,1-2,4-6H3/b21-16+,23-9+,29-25?/t22-/m1/s1. The molecule has 3 aliphatic rings.